The molecule has 1 heterocycles. The van der Waals surface area contributed by atoms with Crippen molar-refractivity contribution in [1.29, 1.82) is 0 Å². The molecule has 2 aromatic carbocycles. The number of halogens is 4. The molecule has 0 spiro atoms. The number of thiophene rings is 1. The van der Waals surface area contributed by atoms with Gasteiger partial charge in [0.25, 0.3) is 10.0 Å². The van der Waals surface area contributed by atoms with E-state index in [4.69, 9.17) is 16.1 Å². The maximum absolute atomic E-state index is 13.0. The van der Waals surface area contributed by atoms with Crippen LogP contribution in [0.15, 0.2) is 46.7 Å². The lowest BCUT2D eigenvalue weighted by atomic mass is 10.1. The average Bonchev–Trinajstić information content (AvgIpc) is 3.08. The molecule has 0 aliphatic carbocycles. The molecule has 30 heavy (non-hydrogen) atoms. The van der Waals surface area contributed by atoms with Crippen LogP contribution in [0.5, 0.6) is 5.75 Å². The molecule has 3 aromatic rings. The van der Waals surface area contributed by atoms with Crippen molar-refractivity contribution in [2.45, 2.75) is 17.3 Å². The second kappa shape index (κ2) is 8.14. The lowest BCUT2D eigenvalue weighted by molar-refractivity contribution is -0.138. The predicted molar refractivity (Wildman–Crippen MR) is 109 cm³/mol. The fraction of sp³-hybridized carbons (Fsp3) is 0.176. The maximum Gasteiger partial charge on any atom is 0.416 e. The van der Waals surface area contributed by atoms with Gasteiger partial charge in [0.1, 0.15) is 16.2 Å². The summed E-state index contributed by atoms with van der Waals surface area (Å²) in [5, 5.41) is 0.936. The summed E-state index contributed by atoms with van der Waals surface area (Å²) in [5.41, 5.74) is -1.12. The van der Waals surface area contributed by atoms with Crippen molar-refractivity contribution < 1.29 is 35.6 Å². The molecule has 0 aliphatic rings. The van der Waals surface area contributed by atoms with Crippen LogP contribution >= 0.6 is 30.5 Å². The standard InChI is InChI=1S/C17H14ClF3NO5PS2/c1-10-5-6-12(8-13(10)17(19,20)21)27-28(23,24)9-22-30(25,26)15-7-11-3-2-4-14(18)16(11)29-15/h2-8,22H,9H2,1H3,(H,23,24). The largest absolute Gasteiger partial charge is 0.424 e. The Morgan fingerprint density at radius 1 is 1.23 bits per heavy atom. The van der Waals surface area contributed by atoms with E-state index in [9.17, 15) is 31.0 Å². The third kappa shape index (κ3) is 5.16. The molecule has 2 N–H and O–H groups in total. The minimum absolute atomic E-state index is 0.0910. The number of fused-ring (bicyclic) bond motifs is 1. The summed E-state index contributed by atoms with van der Waals surface area (Å²) in [6.07, 6.45) is -5.71. The Labute approximate surface area is 178 Å². The number of benzene rings is 2. The molecule has 3 rings (SSSR count). The molecule has 0 aliphatic heterocycles. The highest BCUT2D eigenvalue weighted by Gasteiger charge is 2.34. The smallest absolute Gasteiger partial charge is 0.416 e. The van der Waals surface area contributed by atoms with Gasteiger partial charge in [0.05, 0.1) is 15.3 Å². The Bertz CT molecular complexity index is 1260. The van der Waals surface area contributed by atoms with Crippen molar-refractivity contribution in [3.8, 4) is 5.75 Å². The summed E-state index contributed by atoms with van der Waals surface area (Å²) in [7, 11) is -8.83. The molecule has 6 nitrogen and oxygen atoms in total. The zero-order chi connectivity index (χ0) is 22.3. The Hall–Kier alpha value is -1.62. The molecule has 1 atom stereocenters. The Balaban J connectivity index is 1.77. The van der Waals surface area contributed by atoms with E-state index in [-0.39, 0.29) is 9.77 Å². The zero-order valence-electron chi connectivity index (χ0n) is 15.1. The van der Waals surface area contributed by atoms with Gasteiger partial charge in [-0.15, -0.1) is 11.3 Å². The molecule has 0 amide bonds. The van der Waals surface area contributed by atoms with Crippen molar-refractivity contribution in [2.75, 3.05) is 6.29 Å². The van der Waals surface area contributed by atoms with Crippen molar-refractivity contribution in [1.82, 2.24) is 4.72 Å². The van der Waals surface area contributed by atoms with Gasteiger partial charge in [-0.25, -0.2) is 13.0 Å². The van der Waals surface area contributed by atoms with Crippen molar-refractivity contribution in [3.05, 3.63) is 58.6 Å². The second-order valence-electron chi connectivity index (χ2n) is 6.23. The highest BCUT2D eigenvalue weighted by atomic mass is 35.5. The van der Waals surface area contributed by atoms with E-state index in [2.05, 4.69) is 0 Å². The van der Waals surface area contributed by atoms with Gasteiger partial charge < -0.3 is 9.42 Å². The number of aryl methyl sites for hydroxylation is 1. The summed E-state index contributed by atoms with van der Waals surface area (Å²) in [6.45, 7) is 1.23. The van der Waals surface area contributed by atoms with E-state index in [0.717, 1.165) is 23.5 Å². The van der Waals surface area contributed by atoms with E-state index < -0.39 is 41.4 Å². The van der Waals surface area contributed by atoms with E-state index in [1.54, 1.807) is 18.2 Å². The Morgan fingerprint density at radius 3 is 2.57 bits per heavy atom. The average molecular weight is 500 g/mol. The summed E-state index contributed by atoms with van der Waals surface area (Å²) >= 11 is 6.90. The molecule has 0 bridgehead atoms. The fourth-order valence-corrected chi connectivity index (χ4v) is 6.76. The van der Waals surface area contributed by atoms with Crippen LogP contribution in [0.1, 0.15) is 11.1 Å². The van der Waals surface area contributed by atoms with Crippen LogP contribution in [-0.4, -0.2) is 19.6 Å². The van der Waals surface area contributed by atoms with Crippen LogP contribution in [-0.2, 0) is 20.8 Å². The minimum Gasteiger partial charge on any atom is -0.424 e. The Kier molecular flexibility index (Phi) is 6.26. The number of sulfonamides is 1. The lowest BCUT2D eigenvalue weighted by Crippen LogP contribution is -2.25. The summed E-state index contributed by atoms with van der Waals surface area (Å²) < 4.78 is 83.2. The van der Waals surface area contributed by atoms with Gasteiger partial charge in [-0.3, -0.25) is 0 Å². The van der Waals surface area contributed by atoms with E-state index in [0.29, 0.717) is 21.2 Å². The highest BCUT2D eigenvalue weighted by molar-refractivity contribution is 7.92. The van der Waals surface area contributed by atoms with Crippen LogP contribution < -0.4 is 9.25 Å². The number of rotatable bonds is 6. The molecule has 1 aromatic heterocycles. The first kappa shape index (κ1) is 23.1. The first-order chi connectivity index (χ1) is 13.8. The van der Waals surface area contributed by atoms with E-state index in [1.165, 1.54) is 13.0 Å². The third-order valence-electron chi connectivity index (χ3n) is 3.96. The number of alkyl halides is 3. The molecular formula is C17H14ClF3NO5PS2. The third-order valence-corrected chi connectivity index (χ3v) is 8.71. The number of nitrogens with one attached hydrogen (secondary N) is 1. The maximum atomic E-state index is 13.0. The quantitative estimate of drug-likeness (QED) is 0.444. The van der Waals surface area contributed by atoms with Gasteiger partial charge in [-0.1, -0.05) is 29.8 Å². The van der Waals surface area contributed by atoms with Gasteiger partial charge in [0.2, 0.25) is 0 Å². The molecule has 1 unspecified atom stereocenters. The van der Waals surface area contributed by atoms with E-state index in [1.807, 2.05) is 4.72 Å². The van der Waals surface area contributed by atoms with Crippen LogP contribution in [0.25, 0.3) is 10.1 Å². The first-order valence-corrected chi connectivity index (χ1v) is 12.6. The SMILES string of the molecule is Cc1ccc(OP(=O)(O)CNS(=O)(=O)c2cc3cccc(Cl)c3s2)cc1C(F)(F)F. The van der Waals surface area contributed by atoms with Gasteiger partial charge in [-0.05, 0) is 42.1 Å². The first-order valence-electron chi connectivity index (χ1n) is 8.15. The molecule has 0 saturated carbocycles. The summed E-state index contributed by atoms with van der Waals surface area (Å²) in [4.78, 5) is 9.93. The molecule has 0 fully saturated rings. The predicted octanol–water partition coefficient (Wildman–Crippen LogP) is 5.38. The van der Waals surface area contributed by atoms with Crippen LogP contribution in [0, 0.1) is 6.92 Å². The van der Waals surface area contributed by atoms with Gasteiger partial charge in [0.15, 0.2) is 0 Å². The van der Waals surface area contributed by atoms with Crippen molar-refractivity contribution in [3.63, 3.8) is 0 Å². The molecule has 0 saturated heterocycles. The van der Waals surface area contributed by atoms with Crippen molar-refractivity contribution in [2.24, 2.45) is 0 Å². The van der Waals surface area contributed by atoms with Crippen LogP contribution in [0.4, 0.5) is 13.2 Å². The lowest BCUT2D eigenvalue weighted by Gasteiger charge is -2.16. The molecular weight excluding hydrogens is 486 g/mol. The second-order valence-corrected chi connectivity index (χ2v) is 11.5. The van der Waals surface area contributed by atoms with E-state index >= 15 is 0 Å². The van der Waals surface area contributed by atoms with Crippen molar-refractivity contribution >= 4 is 50.6 Å². The van der Waals surface area contributed by atoms with Crippen LogP contribution in [0.2, 0.25) is 5.02 Å². The normalized spacial score (nSPS) is 14.6. The highest BCUT2D eigenvalue weighted by Crippen LogP contribution is 2.44. The van der Waals surface area contributed by atoms with Crippen LogP contribution in [0.3, 0.4) is 0 Å². The molecule has 13 heteroatoms. The van der Waals surface area contributed by atoms with Gasteiger partial charge in [-0.2, -0.15) is 17.9 Å². The fourth-order valence-electron chi connectivity index (χ4n) is 2.53. The molecule has 0 radical (unpaired) electrons. The summed E-state index contributed by atoms with van der Waals surface area (Å²) in [5.74, 6) is -0.508. The van der Waals surface area contributed by atoms with Gasteiger partial charge >= 0.3 is 13.8 Å². The summed E-state index contributed by atoms with van der Waals surface area (Å²) in [6, 6.07) is 9.02. The van der Waals surface area contributed by atoms with Gasteiger partial charge in [0, 0.05) is 0 Å². The topological polar surface area (TPSA) is 92.7 Å². The number of hydrogen-bond donors (Lipinski definition) is 2. The Morgan fingerprint density at radius 2 is 1.93 bits per heavy atom. The zero-order valence-corrected chi connectivity index (χ0v) is 18.4. The number of hydrogen-bond acceptors (Lipinski definition) is 5. The minimum atomic E-state index is -4.67. The monoisotopic (exact) mass is 499 g/mol. The molecule has 162 valence electrons.